The molecule has 0 bridgehead atoms. The van der Waals surface area contributed by atoms with Crippen LogP contribution in [0.2, 0.25) is 0 Å². The van der Waals surface area contributed by atoms with Gasteiger partial charge in [0.15, 0.2) is 0 Å². The quantitative estimate of drug-likeness (QED) is 0.877. The van der Waals surface area contributed by atoms with Crippen molar-refractivity contribution in [1.82, 2.24) is 0 Å². The lowest BCUT2D eigenvalue weighted by Crippen LogP contribution is -2.16. The Kier molecular flexibility index (Phi) is 4.25. The fourth-order valence-electron chi connectivity index (χ4n) is 1.85. The Hall–Kier alpha value is -2.70. The third-order valence-electron chi connectivity index (χ3n) is 2.82. The highest BCUT2D eigenvalue weighted by Crippen LogP contribution is 2.32. The minimum atomic E-state index is -4.77. The van der Waals surface area contributed by atoms with E-state index in [1.807, 2.05) is 0 Å². The van der Waals surface area contributed by atoms with E-state index in [9.17, 15) is 23.1 Å². The number of rotatable bonds is 3. The van der Waals surface area contributed by atoms with Crippen LogP contribution in [0.15, 0.2) is 42.5 Å². The second kappa shape index (κ2) is 5.97. The van der Waals surface area contributed by atoms with Crippen LogP contribution in [0.3, 0.4) is 0 Å². The van der Waals surface area contributed by atoms with Gasteiger partial charge in [0.2, 0.25) is 0 Å². The van der Waals surface area contributed by atoms with Crippen LogP contribution in [-0.4, -0.2) is 24.5 Å². The largest absolute Gasteiger partial charge is 0.573 e. The first-order valence-corrected chi connectivity index (χ1v) is 6.07. The second-order valence-corrected chi connectivity index (χ2v) is 4.30. The summed E-state index contributed by atoms with van der Waals surface area (Å²) in [6.45, 7) is 0. The summed E-state index contributed by atoms with van der Waals surface area (Å²) in [7, 11) is 1.22. The summed E-state index contributed by atoms with van der Waals surface area (Å²) in [5.41, 5.74) is 0.935. The summed E-state index contributed by atoms with van der Waals surface area (Å²) in [6.07, 6.45) is -4.77. The van der Waals surface area contributed by atoms with Crippen LogP contribution in [-0.2, 0) is 4.74 Å². The third-order valence-corrected chi connectivity index (χ3v) is 2.82. The molecule has 0 atom stereocenters. The number of ether oxygens (including phenoxy) is 2. The molecule has 7 heteroatoms. The van der Waals surface area contributed by atoms with Crippen molar-refractivity contribution < 1.29 is 32.5 Å². The standard InChI is InChI=1S/C15H11F3O4/c1-21-14(20)10-4-7-13(19)12(8-10)9-2-5-11(6-3-9)22-15(16,17)18/h2-8,19H,1H3. The molecule has 0 aromatic heterocycles. The molecule has 0 saturated heterocycles. The number of phenols is 1. The molecule has 0 fully saturated rings. The summed E-state index contributed by atoms with van der Waals surface area (Å²) in [6, 6.07) is 9.00. The highest BCUT2D eigenvalue weighted by atomic mass is 19.4. The molecule has 0 amide bonds. The van der Waals surface area contributed by atoms with Crippen LogP contribution in [0.4, 0.5) is 13.2 Å². The number of carbonyl (C=O) groups is 1. The lowest BCUT2D eigenvalue weighted by atomic mass is 10.0. The van der Waals surface area contributed by atoms with E-state index in [2.05, 4.69) is 9.47 Å². The molecular formula is C15H11F3O4. The van der Waals surface area contributed by atoms with Crippen molar-refractivity contribution in [2.75, 3.05) is 7.11 Å². The zero-order valence-corrected chi connectivity index (χ0v) is 11.3. The van der Waals surface area contributed by atoms with Crippen molar-refractivity contribution >= 4 is 5.97 Å². The van der Waals surface area contributed by atoms with Gasteiger partial charge in [0.05, 0.1) is 12.7 Å². The number of benzene rings is 2. The summed E-state index contributed by atoms with van der Waals surface area (Å²) >= 11 is 0. The SMILES string of the molecule is COC(=O)c1ccc(O)c(-c2ccc(OC(F)(F)F)cc2)c1. The monoisotopic (exact) mass is 312 g/mol. The van der Waals surface area contributed by atoms with E-state index >= 15 is 0 Å². The van der Waals surface area contributed by atoms with Crippen molar-refractivity contribution in [3.8, 4) is 22.6 Å². The molecule has 0 heterocycles. The van der Waals surface area contributed by atoms with E-state index < -0.39 is 12.3 Å². The first-order chi connectivity index (χ1) is 10.3. The molecule has 0 aliphatic carbocycles. The fraction of sp³-hybridized carbons (Fsp3) is 0.133. The van der Waals surface area contributed by atoms with Crippen molar-refractivity contribution in [2.24, 2.45) is 0 Å². The Morgan fingerprint density at radius 2 is 1.73 bits per heavy atom. The Balaban J connectivity index is 2.33. The van der Waals surface area contributed by atoms with Gasteiger partial charge < -0.3 is 14.6 Å². The summed E-state index contributed by atoms with van der Waals surface area (Å²) in [4.78, 5) is 11.5. The highest BCUT2D eigenvalue weighted by molar-refractivity contribution is 5.91. The van der Waals surface area contributed by atoms with Gasteiger partial charge in [0.25, 0.3) is 0 Å². The van der Waals surface area contributed by atoms with E-state index in [4.69, 9.17) is 0 Å². The zero-order valence-electron chi connectivity index (χ0n) is 11.3. The molecule has 0 radical (unpaired) electrons. The number of alkyl halides is 3. The average Bonchev–Trinajstić information content (AvgIpc) is 2.46. The van der Waals surface area contributed by atoms with Crippen molar-refractivity contribution in [3.63, 3.8) is 0 Å². The van der Waals surface area contributed by atoms with Gasteiger partial charge in [-0.15, -0.1) is 13.2 Å². The number of hydrogen-bond acceptors (Lipinski definition) is 4. The summed E-state index contributed by atoms with van der Waals surface area (Å²) < 4.78 is 44.6. The molecule has 22 heavy (non-hydrogen) atoms. The normalized spacial score (nSPS) is 11.1. The predicted octanol–water partition coefficient (Wildman–Crippen LogP) is 3.74. The second-order valence-electron chi connectivity index (χ2n) is 4.30. The maximum absolute atomic E-state index is 12.1. The third kappa shape index (κ3) is 3.69. The summed E-state index contributed by atoms with van der Waals surface area (Å²) in [5, 5.41) is 9.84. The predicted molar refractivity (Wildman–Crippen MR) is 71.6 cm³/mol. The molecule has 0 aliphatic heterocycles. The van der Waals surface area contributed by atoms with Gasteiger partial charge in [-0.25, -0.2) is 4.79 Å². The average molecular weight is 312 g/mol. The van der Waals surface area contributed by atoms with Crippen LogP contribution in [0.25, 0.3) is 11.1 Å². The van der Waals surface area contributed by atoms with Crippen molar-refractivity contribution in [3.05, 3.63) is 48.0 Å². The van der Waals surface area contributed by atoms with Gasteiger partial charge in [0.1, 0.15) is 11.5 Å². The van der Waals surface area contributed by atoms with Gasteiger partial charge in [-0.3, -0.25) is 0 Å². The van der Waals surface area contributed by atoms with Crippen LogP contribution in [0.1, 0.15) is 10.4 Å². The molecule has 2 rings (SSSR count). The number of carbonyl (C=O) groups excluding carboxylic acids is 1. The number of aromatic hydroxyl groups is 1. The van der Waals surface area contributed by atoms with Gasteiger partial charge in [-0.1, -0.05) is 12.1 Å². The van der Waals surface area contributed by atoms with Gasteiger partial charge in [0, 0.05) is 5.56 Å². The van der Waals surface area contributed by atoms with Gasteiger partial charge in [-0.05, 0) is 35.9 Å². The Morgan fingerprint density at radius 1 is 1.09 bits per heavy atom. The maximum atomic E-state index is 12.1. The number of phenolic OH excluding ortho intramolecular Hbond substituents is 1. The van der Waals surface area contributed by atoms with E-state index in [1.54, 1.807) is 0 Å². The molecule has 116 valence electrons. The first kappa shape index (κ1) is 15.7. The number of halogens is 3. The zero-order chi connectivity index (χ0) is 16.3. The first-order valence-electron chi connectivity index (χ1n) is 6.07. The van der Waals surface area contributed by atoms with E-state index in [0.29, 0.717) is 11.1 Å². The Bertz CT molecular complexity index is 678. The summed E-state index contributed by atoms with van der Waals surface area (Å²) in [5.74, 6) is -1.07. The topological polar surface area (TPSA) is 55.8 Å². The van der Waals surface area contributed by atoms with Crippen LogP contribution in [0.5, 0.6) is 11.5 Å². The van der Waals surface area contributed by atoms with E-state index in [-0.39, 0.29) is 17.1 Å². The number of esters is 1. The van der Waals surface area contributed by atoms with Gasteiger partial charge >= 0.3 is 12.3 Å². The van der Waals surface area contributed by atoms with Crippen LogP contribution < -0.4 is 4.74 Å². The molecule has 0 spiro atoms. The van der Waals surface area contributed by atoms with Gasteiger partial charge in [-0.2, -0.15) is 0 Å². The Labute approximate surface area is 123 Å². The smallest absolute Gasteiger partial charge is 0.507 e. The molecule has 0 aliphatic rings. The highest BCUT2D eigenvalue weighted by Gasteiger charge is 2.31. The lowest BCUT2D eigenvalue weighted by Gasteiger charge is -2.10. The molecule has 0 saturated carbocycles. The van der Waals surface area contributed by atoms with Crippen LogP contribution >= 0.6 is 0 Å². The lowest BCUT2D eigenvalue weighted by molar-refractivity contribution is -0.274. The molecule has 4 nitrogen and oxygen atoms in total. The maximum Gasteiger partial charge on any atom is 0.573 e. The number of hydrogen-bond donors (Lipinski definition) is 1. The Morgan fingerprint density at radius 3 is 2.27 bits per heavy atom. The molecular weight excluding hydrogens is 301 g/mol. The molecule has 2 aromatic rings. The molecule has 0 unspecified atom stereocenters. The molecule has 1 N–H and O–H groups in total. The minimum absolute atomic E-state index is 0.114. The minimum Gasteiger partial charge on any atom is -0.507 e. The van der Waals surface area contributed by atoms with E-state index in [1.165, 1.54) is 37.4 Å². The number of methoxy groups -OCH3 is 1. The molecule has 2 aromatic carbocycles. The van der Waals surface area contributed by atoms with Crippen LogP contribution in [0, 0.1) is 0 Å². The van der Waals surface area contributed by atoms with Crippen molar-refractivity contribution in [1.29, 1.82) is 0 Å². The fourth-order valence-corrected chi connectivity index (χ4v) is 1.85. The van der Waals surface area contributed by atoms with Crippen molar-refractivity contribution in [2.45, 2.75) is 6.36 Å². The van der Waals surface area contributed by atoms with E-state index in [0.717, 1.165) is 12.1 Å².